The van der Waals surface area contributed by atoms with Gasteiger partial charge in [0.2, 0.25) is 0 Å². The molecule has 4 nitrogen and oxygen atoms in total. The fraction of sp³-hybridized carbons (Fsp3) is 0.286. The lowest BCUT2D eigenvalue weighted by Crippen LogP contribution is -2.20. The van der Waals surface area contributed by atoms with Gasteiger partial charge in [0, 0.05) is 0 Å². The second kappa shape index (κ2) is 8.31. The number of ether oxygens (including phenoxy) is 1. The van der Waals surface area contributed by atoms with Gasteiger partial charge in [-0.2, -0.15) is 21.4 Å². The zero-order valence-electron chi connectivity index (χ0n) is 16.2. The quantitative estimate of drug-likeness (QED) is 0.477. The van der Waals surface area contributed by atoms with E-state index in [1.165, 1.54) is 15.5 Å². The molecule has 0 aliphatic heterocycles. The van der Waals surface area contributed by atoms with Gasteiger partial charge in [-0.25, -0.2) is 14.3 Å². The number of hydrogen-bond donors (Lipinski definition) is 1. The van der Waals surface area contributed by atoms with E-state index in [0.717, 1.165) is 28.2 Å². The van der Waals surface area contributed by atoms with E-state index in [0.29, 0.717) is 0 Å². The van der Waals surface area contributed by atoms with Crippen molar-refractivity contribution in [2.24, 2.45) is 0 Å². The van der Waals surface area contributed by atoms with E-state index >= 15 is 0 Å². The molecule has 0 aliphatic carbocycles. The van der Waals surface area contributed by atoms with Crippen molar-refractivity contribution in [1.82, 2.24) is 9.55 Å². The van der Waals surface area contributed by atoms with Gasteiger partial charge < -0.3 is 4.74 Å². The molecule has 0 fully saturated rings. The largest absolute Gasteiger partial charge is 0.444 e. The summed E-state index contributed by atoms with van der Waals surface area (Å²) >= 11 is 1.24. The standard InChI is InChI=1S/C21H26N2O2S2/c1-5-19(26-2)27(3,4)20-22-17-13-9-10-14-18(17)23(20)21(24)25-15-16-11-7-6-8-12-16/h6-14,26H,5,15H2,1-4H3. The highest BCUT2D eigenvalue weighted by Gasteiger charge is 2.29. The zero-order chi connectivity index (χ0) is 19.4. The highest BCUT2D eigenvalue weighted by Crippen LogP contribution is 2.52. The Hall–Kier alpha value is -2.05. The first kappa shape index (κ1) is 19.7. The predicted octanol–water partition coefficient (Wildman–Crippen LogP) is 5.28. The molecule has 144 valence electrons. The molecule has 0 radical (unpaired) electrons. The Morgan fingerprint density at radius 2 is 1.78 bits per heavy atom. The Morgan fingerprint density at radius 1 is 1.11 bits per heavy atom. The van der Waals surface area contributed by atoms with Gasteiger partial charge in [0.25, 0.3) is 0 Å². The monoisotopic (exact) mass is 402 g/mol. The molecule has 1 aromatic heterocycles. The summed E-state index contributed by atoms with van der Waals surface area (Å²) in [5.41, 5.74) is 2.60. The van der Waals surface area contributed by atoms with Crippen LogP contribution in [-0.4, -0.2) is 38.6 Å². The lowest BCUT2D eigenvalue weighted by Gasteiger charge is -2.32. The van der Waals surface area contributed by atoms with Crippen LogP contribution in [-0.2, 0) is 11.3 Å². The first-order valence-corrected chi connectivity index (χ1v) is 12.7. The molecule has 0 N–H and O–H groups in total. The van der Waals surface area contributed by atoms with Crippen molar-refractivity contribution < 1.29 is 9.53 Å². The van der Waals surface area contributed by atoms with Crippen LogP contribution in [0.5, 0.6) is 0 Å². The highest BCUT2D eigenvalue weighted by atomic mass is 32.3. The smallest absolute Gasteiger partial charge is 0.420 e. The number of carbonyl (C=O) groups is 1. The van der Waals surface area contributed by atoms with Crippen LogP contribution >= 0.6 is 21.4 Å². The Bertz CT molecular complexity index is 978. The van der Waals surface area contributed by atoms with Crippen LogP contribution in [0.15, 0.2) is 59.8 Å². The maximum absolute atomic E-state index is 13.1. The molecule has 0 aliphatic rings. The minimum Gasteiger partial charge on any atom is -0.444 e. The molecule has 0 amide bonds. The number of imidazole rings is 1. The second-order valence-corrected chi connectivity index (χ2v) is 11.4. The Morgan fingerprint density at radius 3 is 2.44 bits per heavy atom. The number of para-hydroxylation sites is 2. The van der Waals surface area contributed by atoms with Crippen LogP contribution < -0.4 is 0 Å². The van der Waals surface area contributed by atoms with Crippen LogP contribution in [0.1, 0.15) is 18.9 Å². The molecule has 0 atom stereocenters. The third-order valence-corrected chi connectivity index (χ3v) is 9.90. The molecule has 27 heavy (non-hydrogen) atoms. The summed E-state index contributed by atoms with van der Waals surface area (Å²) in [6.45, 7) is 2.42. The third-order valence-electron chi connectivity index (χ3n) is 4.52. The van der Waals surface area contributed by atoms with E-state index < -0.39 is 10.0 Å². The molecular weight excluding hydrogens is 376 g/mol. The summed E-state index contributed by atoms with van der Waals surface area (Å²) in [4.78, 5) is 17.9. The Balaban J connectivity index is 2.04. The minimum atomic E-state index is -1.37. The molecule has 6 heteroatoms. The van der Waals surface area contributed by atoms with Gasteiger partial charge in [-0.15, -0.1) is 0 Å². The molecule has 0 saturated carbocycles. The van der Waals surface area contributed by atoms with Gasteiger partial charge in [0.05, 0.1) is 11.0 Å². The highest BCUT2D eigenvalue weighted by molar-refractivity contribution is 8.50. The van der Waals surface area contributed by atoms with Gasteiger partial charge in [0.1, 0.15) is 6.61 Å². The summed E-state index contributed by atoms with van der Waals surface area (Å²) in [6, 6.07) is 17.5. The molecule has 2 aromatic carbocycles. The van der Waals surface area contributed by atoms with Gasteiger partial charge in [-0.05, 0) is 47.1 Å². The lowest BCUT2D eigenvalue weighted by molar-refractivity contribution is 0.140. The molecule has 0 bridgehead atoms. The van der Waals surface area contributed by atoms with Crippen molar-refractivity contribution in [2.45, 2.75) is 25.1 Å². The van der Waals surface area contributed by atoms with Crippen molar-refractivity contribution in [3.63, 3.8) is 0 Å². The van der Waals surface area contributed by atoms with Crippen LogP contribution in [0, 0.1) is 0 Å². The molecular formula is C21H26N2O2S2. The third kappa shape index (κ3) is 3.96. The van der Waals surface area contributed by atoms with E-state index in [-0.39, 0.29) is 12.7 Å². The van der Waals surface area contributed by atoms with Crippen molar-refractivity contribution in [2.75, 3.05) is 18.8 Å². The summed E-state index contributed by atoms with van der Waals surface area (Å²) in [7, 11) is -1.37. The molecule has 0 spiro atoms. The number of fused-ring (bicyclic) bond motifs is 1. The van der Waals surface area contributed by atoms with Gasteiger partial charge >= 0.3 is 6.09 Å². The minimum absolute atomic E-state index is 0.248. The fourth-order valence-corrected chi connectivity index (χ4v) is 7.43. The van der Waals surface area contributed by atoms with Crippen LogP contribution in [0.3, 0.4) is 0 Å². The van der Waals surface area contributed by atoms with Crippen molar-refractivity contribution >= 4 is 42.7 Å². The second-order valence-electron chi connectivity index (χ2n) is 6.56. The number of thiol groups is 1. The molecule has 0 unspecified atom stereocenters. The topological polar surface area (TPSA) is 44.1 Å². The van der Waals surface area contributed by atoms with Crippen LogP contribution in [0.2, 0.25) is 0 Å². The van der Waals surface area contributed by atoms with Crippen LogP contribution in [0.4, 0.5) is 4.79 Å². The van der Waals surface area contributed by atoms with Gasteiger partial charge in [-0.1, -0.05) is 49.4 Å². The van der Waals surface area contributed by atoms with Gasteiger partial charge in [-0.3, -0.25) is 0 Å². The fourth-order valence-electron chi connectivity index (χ4n) is 3.16. The Kier molecular flexibility index (Phi) is 6.07. The Labute approximate surface area is 165 Å². The van der Waals surface area contributed by atoms with E-state index in [4.69, 9.17) is 9.72 Å². The van der Waals surface area contributed by atoms with Crippen molar-refractivity contribution in [1.29, 1.82) is 0 Å². The SMILES string of the molecule is CC/C(=[SH]/C)S(C)(C)c1nc2ccccc2n1C(=O)OCc1ccccc1. The number of rotatable bonds is 4. The summed E-state index contributed by atoms with van der Waals surface area (Å²) in [6.07, 6.45) is 7.18. The summed E-state index contributed by atoms with van der Waals surface area (Å²) in [5, 5.41) is 0.813. The van der Waals surface area contributed by atoms with E-state index in [1.807, 2.05) is 54.6 Å². The lowest BCUT2D eigenvalue weighted by atomic mass is 10.2. The number of hydrogen-bond acceptors (Lipinski definition) is 3. The van der Waals surface area contributed by atoms with E-state index in [2.05, 4.69) is 25.7 Å². The van der Waals surface area contributed by atoms with Crippen LogP contribution in [0.25, 0.3) is 11.0 Å². The average molecular weight is 403 g/mol. The summed E-state index contributed by atoms with van der Waals surface area (Å²) in [5.74, 6) is 0. The van der Waals surface area contributed by atoms with Crippen molar-refractivity contribution in [3.05, 3.63) is 60.2 Å². The number of carbonyl (C=O) groups excluding carboxylic acids is 1. The molecule has 3 rings (SSSR count). The molecule has 1 heterocycles. The normalized spacial score (nSPS) is 13.3. The first-order chi connectivity index (χ1) is 13.0. The number of benzene rings is 2. The van der Waals surface area contributed by atoms with Crippen molar-refractivity contribution in [3.8, 4) is 0 Å². The van der Waals surface area contributed by atoms with E-state index in [1.54, 1.807) is 4.57 Å². The first-order valence-electron chi connectivity index (χ1n) is 8.86. The maximum atomic E-state index is 13.1. The zero-order valence-corrected chi connectivity index (χ0v) is 17.9. The number of aromatic nitrogens is 2. The number of nitrogens with zero attached hydrogens (tertiary/aromatic N) is 2. The predicted molar refractivity (Wildman–Crippen MR) is 120 cm³/mol. The van der Waals surface area contributed by atoms with E-state index in [9.17, 15) is 4.79 Å². The maximum Gasteiger partial charge on any atom is 0.420 e. The summed E-state index contributed by atoms with van der Waals surface area (Å²) < 4.78 is 8.74. The van der Waals surface area contributed by atoms with Gasteiger partial charge in [0.15, 0.2) is 5.16 Å². The molecule has 0 saturated heterocycles. The molecule has 3 aromatic rings. The average Bonchev–Trinajstić information content (AvgIpc) is 3.08.